The fourth-order valence-corrected chi connectivity index (χ4v) is 3.18. The van der Waals surface area contributed by atoms with Gasteiger partial charge in [-0.05, 0) is 19.1 Å². The Balaban J connectivity index is 1.42. The van der Waals surface area contributed by atoms with Crippen LogP contribution in [-0.2, 0) is 0 Å². The Morgan fingerprint density at radius 3 is 2.69 bits per heavy atom. The minimum atomic E-state index is -0.236. The van der Waals surface area contributed by atoms with E-state index in [0.717, 1.165) is 16.3 Å². The highest BCUT2D eigenvalue weighted by molar-refractivity contribution is 7.15. The molecule has 0 radical (unpaired) electrons. The van der Waals surface area contributed by atoms with E-state index in [1.165, 1.54) is 12.4 Å². The average Bonchev–Trinajstić information content (AvgIpc) is 3.25. The molecule has 2 N–H and O–H groups in total. The third kappa shape index (κ3) is 3.40. The van der Waals surface area contributed by atoms with Gasteiger partial charge in [-0.15, -0.1) is 11.3 Å². The van der Waals surface area contributed by atoms with Crippen molar-refractivity contribution in [3.05, 3.63) is 71.8 Å². The standard InChI is InChI=1S/C18H16N6OS/c1-12(15-11-24-7-8-26-18(24)23-15)21-16(25)13-9-19-17(20-10-13)22-14-5-3-2-4-6-14/h2-12H,1H3,(H,21,25)(H,19,20,22). The summed E-state index contributed by atoms with van der Waals surface area (Å²) < 4.78 is 1.94. The number of thiazole rings is 1. The Labute approximate surface area is 153 Å². The van der Waals surface area contributed by atoms with Crippen LogP contribution in [0.5, 0.6) is 0 Å². The van der Waals surface area contributed by atoms with Crippen LogP contribution in [0.2, 0.25) is 0 Å². The lowest BCUT2D eigenvalue weighted by Gasteiger charge is -2.11. The lowest BCUT2D eigenvalue weighted by atomic mass is 10.2. The number of aromatic nitrogens is 4. The zero-order chi connectivity index (χ0) is 17.9. The summed E-state index contributed by atoms with van der Waals surface area (Å²) in [5.74, 6) is 0.204. The highest BCUT2D eigenvalue weighted by atomic mass is 32.1. The predicted molar refractivity (Wildman–Crippen MR) is 101 cm³/mol. The van der Waals surface area contributed by atoms with Crippen molar-refractivity contribution in [1.82, 2.24) is 24.7 Å². The fourth-order valence-electron chi connectivity index (χ4n) is 2.47. The van der Waals surface area contributed by atoms with Gasteiger partial charge in [0.1, 0.15) is 0 Å². The van der Waals surface area contributed by atoms with Gasteiger partial charge in [0.05, 0.1) is 17.3 Å². The average molecular weight is 364 g/mol. The summed E-state index contributed by atoms with van der Waals surface area (Å²) in [7, 11) is 0. The van der Waals surface area contributed by atoms with E-state index in [1.807, 2.05) is 59.4 Å². The number of hydrogen-bond donors (Lipinski definition) is 2. The summed E-state index contributed by atoms with van der Waals surface area (Å²) in [5, 5.41) is 7.97. The highest BCUT2D eigenvalue weighted by Crippen LogP contribution is 2.17. The number of anilines is 2. The molecule has 4 rings (SSSR count). The van der Waals surface area contributed by atoms with Gasteiger partial charge in [-0.25, -0.2) is 15.0 Å². The van der Waals surface area contributed by atoms with E-state index in [4.69, 9.17) is 0 Å². The monoisotopic (exact) mass is 364 g/mol. The topological polar surface area (TPSA) is 84.2 Å². The van der Waals surface area contributed by atoms with Gasteiger partial charge >= 0.3 is 0 Å². The molecule has 130 valence electrons. The van der Waals surface area contributed by atoms with Crippen LogP contribution in [0, 0.1) is 0 Å². The number of nitrogens with zero attached hydrogens (tertiary/aromatic N) is 4. The van der Waals surface area contributed by atoms with Gasteiger partial charge < -0.3 is 10.6 Å². The molecule has 0 aliphatic carbocycles. The maximum atomic E-state index is 12.4. The Hall–Kier alpha value is -3.26. The second-order valence-electron chi connectivity index (χ2n) is 5.74. The third-order valence-electron chi connectivity index (χ3n) is 3.85. The largest absolute Gasteiger partial charge is 0.344 e. The minimum absolute atomic E-state index is 0.211. The number of benzene rings is 1. The summed E-state index contributed by atoms with van der Waals surface area (Å²) in [6.45, 7) is 1.90. The summed E-state index contributed by atoms with van der Waals surface area (Å²) in [6, 6.07) is 9.40. The molecular weight excluding hydrogens is 348 g/mol. The van der Waals surface area contributed by atoms with Crippen LogP contribution in [0.25, 0.3) is 4.96 Å². The molecule has 0 bridgehead atoms. The molecule has 1 amide bonds. The molecule has 1 aromatic carbocycles. The van der Waals surface area contributed by atoms with Crippen LogP contribution in [0.3, 0.4) is 0 Å². The molecule has 0 aliphatic heterocycles. The van der Waals surface area contributed by atoms with E-state index < -0.39 is 0 Å². The fraction of sp³-hybridized carbons (Fsp3) is 0.111. The molecule has 0 aliphatic rings. The molecular formula is C18H16N6OS. The van der Waals surface area contributed by atoms with Crippen LogP contribution in [0.4, 0.5) is 11.6 Å². The van der Waals surface area contributed by atoms with Crippen molar-refractivity contribution in [2.45, 2.75) is 13.0 Å². The molecule has 8 heteroatoms. The first-order valence-electron chi connectivity index (χ1n) is 8.06. The quantitative estimate of drug-likeness (QED) is 0.567. The second-order valence-corrected chi connectivity index (χ2v) is 6.61. The predicted octanol–water partition coefficient (Wildman–Crippen LogP) is 3.42. The smallest absolute Gasteiger partial charge is 0.254 e. The van der Waals surface area contributed by atoms with Crippen molar-refractivity contribution >= 4 is 33.8 Å². The van der Waals surface area contributed by atoms with Gasteiger partial charge in [0, 0.05) is 35.9 Å². The Morgan fingerprint density at radius 1 is 1.19 bits per heavy atom. The summed E-state index contributed by atoms with van der Waals surface area (Å²) in [4.78, 5) is 26.2. The molecule has 0 fully saturated rings. The van der Waals surface area contributed by atoms with E-state index in [2.05, 4.69) is 25.6 Å². The third-order valence-corrected chi connectivity index (χ3v) is 4.62. The molecule has 4 aromatic rings. The summed E-state index contributed by atoms with van der Waals surface area (Å²) in [6.07, 6.45) is 6.87. The van der Waals surface area contributed by atoms with Crippen LogP contribution in [-0.4, -0.2) is 25.3 Å². The first-order valence-corrected chi connectivity index (χ1v) is 8.94. The van der Waals surface area contributed by atoms with Crippen molar-refractivity contribution in [1.29, 1.82) is 0 Å². The van der Waals surface area contributed by atoms with Crippen LogP contribution in [0.15, 0.2) is 60.5 Å². The van der Waals surface area contributed by atoms with Gasteiger partial charge in [-0.1, -0.05) is 18.2 Å². The molecule has 0 saturated carbocycles. The van der Waals surface area contributed by atoms with E-state index in [0.29, 0.717) is 11.5 Å². The lowest BCUT2D eigenvalue weighted by Crippen LogP contribution is -2.27. The van der Waals surface area contributed by atoms with Crippen molar-refractivity contribution in [3.63, 3.8) is 0 Å². The van der Waals surface area contributed by atoms with E-state index >= 15 is 0 Å². The maximum absolute atomic E-state index is 12.4. The zero-order valence-corrected chi connectivity index (χ0v) is 14.8. The van der Waals surface area contributed by atoms with Gasteiger partial charge in [0.15, 0.2) is 4.96 Å². The molecule has 1 unspecified atom stereocenters. The molecule has 26 heavy (non-hydrogen) atoms. The zero-order valence-electron chi connectivity index (χ0n) is 14.0. The first kappa shape index (κ1) is 16.2. The number of carbonyl (C=O) groups is 1. The molecule has 3 heterocycles. The Kier molecular flexibility index (Phi) is 4.32. The Bertz CT molecular complexity index is 996. The van der Waals surface area contributed by atoms with Crippen LogP contribution in [0.1, 0.15) is 29.0 Å². The van der Waals surface area contributed by atoms with Crippen molar-refractivity contribution in [3.8, 4) is 0 Å². The van der Waals surface area contributed by atoms with Crippen molar-refractivity contribution < 1.29 is 4.79 Å². The molecule has 0 saturated heterocycles. The van der Waals surface area contributed by atoms with Crippen LogP contribution >= 0.6 is 11.3 Å². The normalized spacial score (nSPS) is 12.0. The second kappa shape index (κ2) is 6.93. The lowest BCUT2D eigenvalue weighted by molar-refractivity contribution is 0.0938. The van der Waals surface area contributed by atoms with Gasteiger partial charge in [0.25, 0.3) is 5.91 Å². The van der Waals surface area contributed by atoms with E-state index in [-0.39, 0.29) is 11.9 Å². The number of rotatable bonds is 5. The van der Waals surface area contributed by atoms with Gasteiger partial charge in [0.2, 0.25) is 5.95 Å². The van der Waals surface area contributed by atoms with Crippen molar-refractivity contribution in [2.75, 3.05) is 5.32 Å². The number of hydrogen-bond acceptors (Lipinski definition) is 6. The molecule has 0 spiro atoms. The number of nitrogens with one attached hydrogen (secondary N) is 2. The number of carbonyl (C=O) groups excluding carboxylic acids is 1. The van der Waals surface area contributed by atoms with Gasteiger partial charge in [-0.3, -0.25) is 9.20 Å². The highest BCUT2D eigenvalue weighted by Gasteiger charge is 2.15. The summed E-state index contributed by atoms with van der Waals surface area (Å²) in [5.41, 5.74) is 2.10. The molecule has 7 nitrogen and oxygen atoms in total. The Morgan fingerprint density at radius 2 is 1.96 bits per heavy atom. The number of imidazole rings is 1. The maximum Gasteiger partial charge on any atom is 0.254 e. The van der Waals surface area contributed by atoms with Crippen LogP contribution < -0.4 is 10.6 Å². The summed E-state index contributed by atoms with van der Waals surface area (Å²) >= 11 is 1.56. The minimum Gasteiger partial charge on any atom is -0.344 e. The van der Waals surface area contributed by atoms with E-state index in [9.17, 15) is 4.79 Å². The SMILES string of the molecule is CC(NC(=O)c1cnc(Nc2ccccc2)nc1)c1cn2ccsc2n1. The number of amides is 1. The van der Waals surface area contributed by atoms with Gasteiger partial charge in [-0.2, -0.15) is 0 Å². The molecule has 1 atom stereocenters. The number of fused-ring (bicyclic) bond motifs is 1. The van der Waals surface area contributed by atoms with Crippen molar-refractivity contribution in [2.24, 2.45) is 0 Å². The van der Waals surface area contributed by atoms with E-state index in [1.54, 1.807) is 11.3 Å². The number of para-hydroxylation sites is 1. The molecule has 3 aromatic heterocycles. The first-order chi connectivity index (χ1) is 12.7.